The molecule has 0 amide bonds. The van der Waals surface area contributed by atoms with Crippen molar-refractivity contribution in [3.05, 3.63) is 17.8 Å². The molecule has 14 heavy (non-hydrogen) atoms. The van der Waals surface area contributed by atoms with Crippen LogP contribution in [0.15, 0.2) is 17.2 Å². The first-order valence-corrected chi connectivity index (χ1v) is 5.22. The third-order valence-corrected chi connectivity index (χ3v) is 3.45. The van der Waals surface area contributed by atoms with E-state index in [1.165, 1.54) is 11.8 Å². The molecule has 1 aromatic rings. The highest BCUT2D eigenvalue weighted by molar-refractivity contribution is 7.99. The van der Waals surface area contributed by atoms with Gasteiger partial charge in [0.2, 0.25) is 0 Å². The second-order valence-electron chi connectivity index (χ2n) is 3.23. The summed E-state index contributed by atoms with van der Waals surface area (Å²) in [6.45, 7) is 1.87. The molecular weight excluding hydrogens is 200 g/mol. The summed E-state index contributed by atoms with van der Waals surface area (Å²) in [6, 6.07) is 2.92. The number of nitrogens with zero attached hydrogens (tertiary/aromatic N) is 1. The lowest BCUT2D eigenvalue weighted by atomic mass is 10.2. The van der Waals surface area contributed by atoms with Crippen molar-refractivity contribution in [2.75, 3.05) is 5.75 Å². The Morgan fingerprint density at radius 2 is 2.43 bits per heavy atom. The predicted molar refractivity (Wildman–Crippen MR) is 50.5 cm³/mol. The second kappa shape index (κ2) is 3.16. The van der Waals surface area contributed by atoms with Gasteiger partial charge in [0.1, 0.15) is 0 Å². The third-order valence-electron chi connectivity index (χ3n) is 2.29. The summed E-state index contributed by atoms with van der Waals surface area (Å²) in [5.74, 6) is 0.125. The second-order valence-corrected chi connectivity index (χ2v) is 4.23. The van der Waals surface area contributed by atoms with E-state index in [9.17, 15) is 10.2 Å². The minimum absolute atomic E-state index is 0.185. The van der Waals surface area contributed by atoms with Crippen molar-refractivity contribution in [3.8, 4) is 5.75 Å². The van der Waals surface area contributed by atoms with Gasteiger partial charge < -0.3 is 15.6 Å². The smallest absolute Gasteiger partial charge is 0.283 e. The van der Waals surface area contributed by atoms with E-state index < -0.39 is 11.9 Å². The van der Waals surface area contributed by atoms with Crippen LogP contribution in [0.1, 0.15) is 11.7 Å². The molecule has 1 aliphatic heterocycles. The molecule has 1 aliphatic rings. The van der Waals surface area contributed by atoms with Crippen molar-refractivity contribution >= 4 is 17.7 Å². The van der Waals surface area contributed by atoms with Gasteiger partial charge in [0.25, 0.3) is 5.03 Å². The molecular formula is C9H10N2O2S. The number of aromatic hydroxyl groups is 1. The maximum atomic E-state index is 11.0. The summed E-state index contributed by atoms with van der Waals surface area (Å²) < 4.78 is 1.73. The fraction of sp³-hybridized carbons (Fsp3) is 0.333. The number of rotatable bonds is 1. The van der Waals surface area contributed by atoms with Crippen molar-refractivity contribution in [3.63, 3.8) is 0 Å². The Morgan fingerprint density at radius 1 is 1.71 bits per heavy atom. The summed E-state index contributed by atoms with van der Waals surface area (Å²) >= 11 is 1.42. The van der Waals surface area contributed by atoms with Crippen molar-refractivity contribution in [1.82, 2.24) is 0 Å². The lowest BCUT2D eigenvalue weighted by Gasteiger charge is -2.12. The van der Waals surface area contributed by atoms with Crippen LogP contribution >= 0.6 is 11.8 Å². The largest absolute Gasteiger partial charge is 0.858 e. The molecule has 2 N–H and O–H groups in total. The normalized spacial score (nSPS) is 19.4. The Balaban J connectivity index is 2.58. The number of hydrogen-bond acceptors (Lipinski definition) is 4. The molecule has 4 nitrogen and oxygen atoms in total. The molecule has 74 valence electrons. The minimum Gasteiger partial charge on any atom is -0.858 e. The van der Waals surface area contributed by atoms with Crippen LogP contribution in [0.25, 0.3) is 0 Å². The van der Waals surface area contributed by atoms with Gasteiger partial charge in [-0.05, 0) is 17.8 Å². The highest BCUT2D eigenvalue weighted by atomic mass is 32.2. The Hall–Kier alpha value is -1.23. The van der Waals surface area contributed by atoms with E-state index in [1.807, 2.05) is 6.92 Å². The summed E-state index contributed by atoms with van der Waals surface area (Å²) in [6.07, 6.45) is 0. The van der Waals surface area contributed by atoms with E-state index in [2.05, 4.69) is 0 Å². The number of aromatic nitrogens is 1. The first-order valence-electron chi connectivity index (χ1n) is 4.23. The van der Waals surface area contributed by atoms with Crippen LogP contribution in [0.4, 0.5) is 0 Å². The summed E-state index contributed by atoms with van der Waals surface area (Å²) in [5.41, 5.74) is 0.897. The molecule has 0 aliphatic carbocycles. The fourth-order valence-corrected chi connectivity index (χ4v) is 2.83. The third kappa shape index (κ3) is 1.24. The van der Waals surface area contributed by atoms with E-state index in [0.717, 1.165) is 5.69 Å². The molecule has 2 heterocycles. The summed E-state index contributed by atoms with van der Waals surface area (Å²) in [5, 5.41) is 28.4. The number of pyridine rings is 1. The zero-order valence-corrected chi connectivity index (χ0v) is 8.47. The van der Waals surface area contributed by atoms with Crippen LogP contribution in [0.2, 0.25) is 0 Å². The van der Waals surface area contributed by atoms with Crippen LogP contribution in [-0.4, -0.2) is 16.8 Å². The molecule has 0 spiro atoms. The topological polar surface area (TPSA) is 71.0 Å². The number of aryl methyl sites for hydroxylation is 1. The standard InChI is InChI=1S/C9H10N2O2S/c1-5-2-3-7(12)9-11(5)6(4-14-9)8(10)13/h2-3,6H,4H2,1H3,(H2-,10,12,13). The zero-order valence-electron chi connectivity index (χ0n) is 7.65. The number of thioether (sulfide) groups is 1. The van der Waals surface area contributed by atoms with Gasteiger partial charge in [-0.15, -0.1) is 0 Å². The van der Waals surface area contributed by atoms with Gasteiger partial charge in [0.15, 0.2) is 17.5 Å². The van der Waals surface area contributed by atoms with Gasteiger partial charge in [-0.3, -0.25) is 0 Å². The number of fused-ring (bicyclic) bond motifs is 1. The van der Waals surface area contributed by atoms with Crippen LogP contribution in [0.3, 0.4) is 0 Å². The van der Waals surface area contributed by atoms with Crippen molar-refractivity contribution in [1.29, 1.82) is 5.41 Å². The molecule has 0 fully saturated rings. The molecule has 0 bridgehead atoms. The first-order chi connectivity index (χ1) is 6.61. The van der Waals surface area contributed by atoms with Crippen LogP contribution in [-0.2, 0) is 0 Å². The Morgan fingerprint density at radius 3 is 3.07 bits per heavy atom. The molecule has 0 saturated carbocycles. The average molecular weight is 210 g/mol. The van der Waals surface area contributed by atoms with Crippen molar-refractivity contribution < 1.29 is 14.8 Å². The lowest BCUT2D eigenvalue weighted by molar-refractivity contribution is -0.743. The van der Waals surface area contributed by atoms with Gasteiger partial charge in [-0.25, -0.2) is 0 Å². The number of nitrogens with one attached hydrogen (secondary N) is 1. The average Bonchev–Trinajstić information content (AvgIpc) is 2.56. The van der Waals surface area contributed by atoms with Crippen molar-refractivity contribution in [2.24, 2.45) is 0 Å². The zero-order chi connectivity index (χ0) is 10.3. The van der Waals surface area contributed by atoms with Gasteiger partial charge in [0, 0.05) is 18.9 Å². The molecule has 5 heteroatoms. The molecule has 1 unspecified atom stereocenters. The van der Waals surface area contributed by atoms with Gasteiger partial charge in [-0.2, -0.15) is 4.57 Å². The Kier molecular flexibility index (Phi) is 2.11. The fourth-order valence-electron chi connectivity index (χ4n) is 1.59. The van der Waals surface area contributed by atoms with Crippen LogP contribution < -0.4 is 9.67 Å². The lowest BCUT2D eigenvalue weighted by Crippen LogP contribution is -2.48. The van der Waals surface area contributed by atoms with Gasteiger partial charge in [0.05, 0.1) is 5.75 Å². The maximum absolute atomic E-state index is 11.0. The maximum Gasteiger partial charge on any atom is 0.283 e. The van der Waals surface area contributed by atoms with Crippen LogP contribution in [0, 0.1) is 12.3 Å². The Bertz CT molecular complexity index is 406. The Labute approximate surface area is 85.7 Å². The number of hydrogen-bond donors (Lipinski definition) is 2. The van der Waals surface area contributed by atoms with Gasteiger partial charge >= 0.3 is 0 Å². The summed E-state index contributed by atoms with van der Waals surface area (Å²) in [7, 11) is 0. The predicted octanol–water partition coefficient (Wildman–Crippen LogP) is -0.0275. The van der Waals surface area contributed by atoms with E-state index in [0.29, 0.717) is 10.8 Å². The summed E-state index contributed by atoms with van der Waals surface area (Å²) in [4.78, 5) is 0. The SMILES string of the molecule is Cc1ccc(O)c2[n+]1C(C(=N)[O-])CS2. The molecule has 1 aromatic heterocycles. The van der Waals surface area contributed by atoms with E-state index >= 15 is 0 Å². The van der Waals surface area contributed by atoms with Crippen molar-refractivity contribution in [2.45, 2.75) is 18.0 Å². The van der Waals surface area contributed by atoms with E-state index in [-0.39, 0.29) is 5.75 Å². The molecule has 0 aromatic carbocycles. The molecule has 0 radical (unpaired) electrons. The van der Waals surface area contributed by atoms with E-state index in [4.69, 9.17) is 5.41 Å². The quantitative estimate of drug-likeness (QED) is 0.388. The van der Waals surface area contributed by atoms with Gasteiger partial charge in [-0.1, -0.05) is 0 Å². The highest BCUT2D eigenvalue weighted by Crippen LogP contribution is 2.33. The molecule has 2 rings (SSSR count). The highest BCUT2D eigenvalue weighted by Gasteiger charge is 2.35. The molecule has 0 saturated heterocycles. The van der Waals surface area contributed by atoms with Crippen LogP contribution in [0.5, 0.6) is 5.75 Å². The first kappa shape index (κ1) is 9.33. The minimum atomic E-state index is -0.602. The monoisotopic (exact) mass is 210 g/mol. The van der Waals surface area contributed by atoms with E-state index in [1.54, 1.807) is 16.7 Å². The molecule has 1 atom stereocenters.